The van der Waals surface area contributed by atoms with E-state index in [1.54, 1.807) is 13.8 Å². The molecule has 0 heterocycles. The Labute approximate surface area is 124 Å². The van der Waals surface area contributed by atoms with Gasteiger partial charge in [0.1, 0.15) is 17.3 Å². The largest absolute Gasteiger partial charge is 0.358 e. The second-order valence-corrected chi connectivity index (χ2v) is 4.66. The molecule has 0 aliphatic heterocycles. The van der Waals surface area contributed by atoms with Gasteiger partial charge in [0.15, 0.2) is 0 Å². The van der Waals surface area contributed by atoms with E-state index in [-0.39, 0.29) is 18.1 Å². The maximum absolute atomic E-state index is 14.2. The molecule has 1 rings (SSSR count). The number of carbonyl (C=O) groups excluding carboxylic acids is 1. The van der Waals surface area contributed by atoms with Gasteiger partial charge in [0.05, 0.1) is 6.54 Å². The lowest BCUT2D eigenvalue weighted by Crippen LogP contribution is -2.38. The summed E-state index contributed by atoms with van der Waals surface area (Å²) in [6.45, 7) is 7.38. The first kappa shape index (κ1) is 17.4. The van der Waals surface area contributed by atoms with E-state index in [0.29, 0.717) is 25.2 Å². The summed E-state index contributed by atoms with van der Waals surface area (Å²) in [7, 11) is 0. The Morgan fingerprint density at radius 3 is 2.24 bits per heavy atom. The van der Waals surface area contributed by atoms with Crippen molar-refractivity contribution in [3.8, 4) is 0 Å². The number of carbonyl (C=O) groups is 1. The highest BCUT2D eigenvalue weighted by molar-refractivity contribution is 5.81. The summed E-state index contributed by atoms with van der Waals surface area (Å²) in [6, 6.07) is 2.61. The smallest absolute Gasteiger partial charge is 0.239 e. The molecule has 0 unspecified atom stereocenters. The van der Waals surface area contributed by atoms with Crippen LogP contribution in [0.1, 0.15) is 26.3 Å². The molecule has 118 valence electrons. The quantitative estimate of drug-likeness (QED) is 0.772. The van der Waals surface area contributed by atoms with Crippen molar-refractivity contribution < 1.29 is 13.6 Å². The zero-order valence-corrected chi connectivity index (χ0v) is 12.8. The first-order valence-corrected chi connectivity index (χ1v) is 7.23. The van der Waals surface area contributed by atoms with Gasteiger partial charge in [0, 0.05) is 19.6 Å². The Morgan fingerprint density at radius 1 is 1.14 bits per heavy atom. The Bertz CT molecular complexity index is 457. The van der Waals surface area contributed by atoms with Crippen molar-refractivity contribution >= 4 is 11.6 Å². The Hall–Kier alpha value is -1.69. The second-order valence-electron chi connectivity index (χ2n) is 4.66. The normalized spacial score (nSPS) is 10.5. The molecule has 0 radical (unpaired) electrons. The van der Waals surface area contributed by atoms with E-state index in [4.69, 9.17) is 0 Å². The van der Waals surface area contributed by atoms with Crippen LogP contribution in [0.15, 0.2) is 12.1 Å². The molecule has 1 aromatic rings. The molecule has 0 aliphatic rings. The average molecular weight is 299 g/mol. The van der Waals surface area contributed by atoms with Crippen molar-refractivity contribution in [2.45, 2.75) is 27.3 Å². The molecule has 4 nitrogen and oxygen atoms in total. The van der Waals surface area contributed by atoms with Gasteiger partial charge in [-0.3, -0.25) is 4.79 Å². The summed E-state index contributed by atoms with van der Waals surface area (Å²) in [4.78, 5) is 13.0. The van der Waals surface area contributed by atoms with Crippen LogP contribution >= 0.6 is 0 Å². The van der Waals surface area contributed by atoms with Crippen LogP contribution < -0.4 is 15.5 Å². The molecule has 0 saturated heterocycles. The molecule has 0 aliphatic carbocycles. The first-order chi connectivity index (χ1) is 10.0. The summed E-state index contributed by atoms with van der Waals surface area (Å²) < 4.78 is 28.3. The maximum atomic E-state index is 14.2. The van der Waals surface area contributed by atoms with Gasteiger partial charge in [0.25, 0.3) is 0 Å². The number of nitrogens with one attached hydrogen (secondary N) is 2. The van der Waals surface area contributed by atoms with E-state index in [2.05, 4.69) is 10.6 Å². The van der Waals surface area contributed by atoms with E-state index < -0.39 is 11.6 Å². The molecule has 21 heavy (non-hydrogen) atoms. The van der Waals surface area contributed by atoms with Crippen molar-refractivity contribution in [2.75, 3.05) is 31.1 Å². The Kier molecular flexibility index (Phi) is 7.08. The lowest BCUT2D eigenvalue weighted by atomic mass is 10.1. The van der Waals surface area contributed by atoms with Gasteiger partial charge in [-0.1, -0.05) is 6.92 Å². The fraction of sp³-hybridized carbons (Fsp3) is 0.533. The van der Waals surface area contributed by atoms with Gasteiger partial charge in [-0.05, 0) is 38.1 Å². The molecule has 0 spiro atoms. The van der Waals surface area contributed by atoms with Gasteiger partial charge in [-0.2, -0.15) is 0 Å². The minimum Gasteiger partial charge on any atom is -0.358 e. The summed E-state index contributed by atoms with van der Waals surface area (Å²) in [5.74, 6) is -1.54. The SMILES string of the molecule is CCNCc1cc(F)c(N(CC)CC(=O)NCC)c(F)c1. The minimum absolute atomic E-state index is 0.0647. The third-order valence-corrected chi connectivity index (χ3v) is 3.06. The second kappa shape index (κ2) is 8.56. The predicted octanol–water partition coefficient (Wildman–Crippen LogP) is 2.04. The summed E-state index contributed by atoms with van der Waals surface area (Å²) in [5.41, 5.74) is 0.397. The number of hydrogen-bond donors (Lipinski definition) is 2. The van der Waals surface area contributed by atoms with E-state index in [9.17, 15) is 13.6 Å². The van der Waals surface area contributed by atoms with E-state index in [1.807, 2.05) is 6.92 Å². The molecular formula is C15H23F2N3O. The fourth-order valence-electron chi connectivity index (χ4n) is 2.07. The highest BCUT2D eigenvalue weighted by Gasteiger charge is 2.19. The molecule has 6 heteroatoms. The van der Waals surface area contributed by atoms with Crippen molar-refractivity contribution in [3.63, 3.8) is 0 Å². The molecule has 0 atom stereocenters. The van der Waals surface area contributed by atoms with Crippen LogP contribution in [0.2, 0.25) is 0 Å². The van der Waals surface area contributed by atoms with Crippen LogP contribution in [0.4, 0.5) is 14.5 Å². The van der Waals surface area contributed by atoms with Gasteiger partial charge in [0.2, 0.25) is 5.91 Å². The molecule has 1 aromatic carbocycles. The number of nitrogens with zero attached hydrogens (tertiary/aromatic N) is 1. The van der Waals surface area contributed by atoms with Gasteiger partial charge in [-0.15, -0.1) is 0 Å². The molecule has 1 amide bonds. The molecule has 2 N–H and O–H groups in total. The third kappa shape index (κ3) is 4.97. The number of halogens is 2. The van der Waals surface area contributed by atoms with Crippen molar-refractivity contribution in [1.29, 1.82) is 0 Å². The standard InChI is InChI=1S/C15H23F2N3O/c1-4-18-9-11-7-12(16)15(13(17)8-11)20(6-3)10-14(21)19-5-2/h7-8,18H,4-6,9-10H2,1-3H3,(H,19,21). The van der Waals surface area contributed by atoms with E-state index in [0.717, 1.165) is 6.54 Å². The zero-order chi connectivity index (χ0) is 15.8. The molecular weight excluding hydrogens is 276 g/mol. The maximum Gasteiger partial charge on any atom is 0.239 e. The Balaban J connectivity index is 2.96. The number of hydrogen-bond acceptors (Lipinski definition) is 3. The molecule has 0 saturated carbocycles. The summed E-state index contributed by atoms with van der Waals surface area (Å²) in [6.07, 6.45) is 0. The van der Waals surface area contributed by atoms with Crippen LogP contribution in [-0.2, 0) is 11.3 Å². The van der Waals surface area contributed by atoms with Crippen LogP contribution in [0, 0.1) is 11.6 Å². The number of likely N-dealkylation sites (N-methyl/N-ethyl adjacent to an activating group) is 2. The van der Waals surface area contributed by atoms with E-state index >= 15 is 0 Å². The van der Waals surface area contributed by atoms with Crippen LogP contribution in [0.5, 0.6) is 0 Å². The van der Waals surface area contributed by atoms with Crippen molar-refractivity contribution in [1.82, 2.24) is 10.6 Å². The third-order valence-electron chi connectivity index (χ3n) is 3.06. The van der Waals surface area contributed by atoms with Crippen molar-refractivity contribution in [3.05, 3.63) is 29.3 Å². The molecule has 0 fully saturated rings. The fourth-order valence-corrected chi connectivity index (χ4v) is 2.07. The first-order valence-electron chi connectivity index (χ1n) is 7.23. The molecule has 0 bridgehead atoms. The van der Waals surface area contributed by atoms with Crippen molar-refractivity contribution in [2.24, 2.45) is 0 Å². The number of anilines is 1. The summed E-state index contributed by atoms with van der Waals surface area (Å²) in [5, 5.41) is 5.64. The van der Waals surface area contributed by atoms with Gasteiger partial charge >= 0.3 is 0 Å². The van der Waals surface area contributed by atoms with Crippen LogP contribution in [0.25, 0.3) is 0 Å². The van der Waals surface area contributed by atoms with E-state index in [1.165, 1.54) is 17.0 Å². The Morgan fingerprint density at radius 2 is 1.76 bits per heavy atom. The monoisotopic (exact) mass is 299 g/mol. The predicted molar refractivity (Wildman–Crippen MR) is 80.3 cm³/mol. The topological polar surface area (TPSA) is 44.4 Å². The molecule has 0 aromatic heterocycles. The summed E-state index contributed by atoms with van der Waals surface area (Å²) >= 11 is 0. The highest BCUT2D eigenvalue weighted by Crippen LogP contribution is 2.25. The average Bonchev–Trinajstić information content (AvgIpc) is 2.43. The van der Waals surface area contributed by atoms with Gasteiger partial charge < -0.3 is 15.5 Å². The highest BCUT2D eigenvalue weighted by atomic mass is 19.1. The number of amides is 1. The number of benzene rings is 1. The van der Waals surface area contributed by atoms with Crippen LogP contribution in [-0.4, -0.2) is 32.1 Å². The van der Waals surface area contributed by atoms with Crippen LogP contribution in [0.3, 0.4) is 0 Å². The lowest BCUT2D eigenvalue weighted by molar-refractivity contribution is -0.119. The number of rotatable bonds is 8. The lowest BCUT2D eigenvalue weighted by Gasteiger charge is -2.24. The van der Waals surface area contributed by atoms with Gasteiger partial charge in [-0.25, -0.2) is 8.78 Å². The minimum atomic E-state index is -0.644. The zero-order valence-electron chi connectivity index (χ0n) is 12.8.